The first-order valence-electron chi connectivity index (χ1n) is 10.9. The largest absolute Gasteiger partial charge is 0.480 e. The molecular formula is C24H29N5O3. The minimum Gasteiger partial charge on any atom is -0.480 e. The first-order chi connectivity index (χ1) is 15.4. The zero-order valence-corrected chi connectivity index (χ0v) is 18.4. The molecule has 0 radical (unpaired) electrons. The molecular weight excluding hydrogens is 406 g/mol. The number of aliphatic carboxylic acids is 1. The number of aromatic nitrogens is 2. The minimum absolute atomic E-state index is 0.0692. The molecule has 1 saturated heterocycles. The van der Waals surface area contributed by atoms with Crippen molar-refractivity contribution in [2.24, 2.45) is 5.92 Å². The van der Waals surface area contributed by atoms with Gasteiger partial charge in [0.05, 0.1) is 5.69 Å². The first-order valence-corrected chi connectivity index (χ1v) is 10.9. The van der Waals surface area contributed by atoms with Crippen LogP contribution >= 0.6 is 0 Å². The Hall–Kier alpha value is -3.23. The maximum Gasteiger partial charge on any atom is 0.325 e. The zero-order chi connectivity index (χ0) is 22.7. The van der Waals surface area contributed by atoms with Gasteiger partial charge in [0.1, 0.15) is 6.04 Å². The van der Waals surface area contributed by atoms with Gasteiger partial charge in [-0.3, -0.25) is 24.4 Å². The van der Waals surface area contributed by atoms with Gasteiger partial charge in [0.15, 0.2) is 0 Å². The van der Waals surface area contributed by atoms with Crippen LogP contribution in [0.25, 0.3) is 10.9 Å². The van der Waals surface area contributed by atoms with Crippen molar-refractivity contribution in [3.63, 3.8) is 0 Å². The number of carbonyl (C=O) groups is 2. The number of H-pyrrole nitrogens is 1. The molecule has 1 aliphatic rings. The highest BCUT2D eigenvalue weighted by Crippen LogP contribution is 2.31. The van der Waals surface area contributed by atoms with Gasteiger partial charge >= 0.3 is 5.97 Å². The number of pyridine rings is 1. The lowest BCUT2D eigenvalue weighted by Crippen LogP contribution is -2.48. The minimum atomic E-state index is -0.874. The van der Waals surface area contributed by atoms with Gasteiger partial charge < -0.3 is 15.4 Å². The Bertz CT molecular complexity index is 1090. The van der Waals surface area contributed by atoms with Crippen LogP contribution in [-0.4, -0.2) is 62.9 Å². The van der Waals surface area contributed by atoms with E-state index in [2.05, 4.69) is 20.2 Å². The Morgan fingerprint density at radius 1 is 1.16 bits per heavy atom. The van der Waals surface area contributed by atoms with Gasteiger partial charge in [-0.15, -0.1) is 0 Å². The van der Waals surface area contributed by atoms with Crippen LogP contribution in [0.1, 0.15) is 31.1 Å². The predicted octanol–water partition coefficient (Wildman–Crippen LogP) is 3.10. The van der Waals surface area contributed by atoms with Crippen molar-refractivity contribution in [2.45, 2.75) is 26.4 Å². The van der Waals surface area contributed by atoms with Crippen molar-refractivity contribution in [1.29, 1.82) is 0 Å². The normalized spacial score (nSPS) is 16.3. The van der Waals surface area contributed by atoms with E-state index in [1.807, 2.05) is 55.1 Å². The number of rotatable bonds is 7. The van der Waals surface area contributed by atoms with Crippen molar-refractivity contribution < 1.29 is 14.7 Å². The van der Waals surface area contributed by atoms with Crippen molar-refractivity contribution in [1.82, 2.24) is 19.8 Å². The summed E-state index contributed by atoms with van der Waals surface area (Å²) in [5, 5.41) is 13.8. The maximum atomic E-state index is 12.3. The molecule has 0 unspecified atom stereocenters. The van der Waals surface area contributed by atoms with Gasteiger partial charge in [0, 0.05) is 73.2 Å². The van der Waals surface area contributed by atoms with E-state index < -0.39 is 12.0 Å². The second kappa shape index (κ2) is 9.50. The van der Waals surface area contributed by atoms with Crippen LogP contribution in [0.2, 0.25) is 0 Å². The second-order valence-electron chi connectivity index (χ2n) is 8.52. The summed E-state index contributed by atoms with van der Waals surface area (Å²) in [7, 11) is 0. The molecule has 1 fully saturated rings. The van der Waals surface area contributed by atoms with Crippen molar-refractivity contribution in [2.75, 3.05) is 31.5 Å². The fourth-order valence-corrected chi connectivity index (χ4v) is 4.12. The number of piperazine rings is 1. The van der Waals surface area contributed by atoms with E-state index in [0.29, 0.717) is 24.3 Å². The summed E-state index contributed by atoms with van der Waals surface area (Å²) in [6.45, 7) is 7.29. The molecule has 3 heterocycles. The molecule has 0 aliphatic carbocycles. The topological polar surface area (TPSA) is 102 Å². The second-order valence-corrected chi connectivity index (χ2v) is 8.52. The molecule has 0 saturated carbocycles. The number of carboxylic acids is 1. The Kier molecular flexibility index (Phi) is 6.53. The molecule has 3 aromatic rings. The van der Waals surface area contributed by atoms with Crippen molar-refractivity contribution >= 4 is 28.5 Å². The molecule has 4 rings (SSSR count). The number of amides is 1. The number of hydrogen-bond acceptors (Lipinski definition) is 5. The van der Waals surface area contributed by atoms with Gasteiger partial charge in [0.25, 0.3) is 0 Å². The van der Waals surface area contributed by atoms with Crippen LogP contribution < -0.4 is 5.32 Å². The summed E-state index contributed by atoms with van der Waals surface area (Å²) in [6, 6.07) is 10.7. The molecule has 1 amide bonds. The SMILES string of the molecule is CC(C)C(=O)Nc1ccc2[nH]cc([C@@H](C(=O)O)N3CCN(Cc4ccccn4)CC3)c2c1. The van der Waals surface area contributed by atoms with Gasteiger partial charge in [0.2, 0.25) is 5.91 Å². The highest BCUT2D eigenvalue weighted by molar-refractivity contribution is 5.96. The molecule has 2 aromatic heterocycles. The van der Waals surface area contributed by atoms with Gasteiger partial charge in [-0.1, -0.05) is 19.9 Å². The lowest BCUT2D eigenvalue weighted by atomic mass is 10.0. The van der Waals surface area contributed by atoms with E-state index >= 15 is 0 Å². The maximum absolute atomic E-state index is 12.3. The fourth-order valence-electron chi connectivity index (χ4n) is 4.12. The summed E-state index contributed by atoms with van der Waals surface area (Å²) < 4.78 is 0. The van der Waals surface area contributed by atoms with Gasteiger partial charge in [-0.05, 0) is 30.3 Å². The van der Waals surface area contributed by atoms with E-state index in [1.54, 1.807) is 12.4 Å². The summed E-state index contributed by atoms with van der Waals surface area (Å²) in [4.78, 5) is 36.3. The third-order valence-corrected chi connectivity index (χ3v) is 5.92. The smallest absolute Gasteiger partial charge is 0.325 e. The average Bonchev–Trinajstić information content (AvgIpc) is 3.18. The first kappa shape index (κ1) is 22.0. The van der Waals surface area contributed by atoms with E-state index in [4.69, 9.17) is 0 Å². The average molecular weight is 436 g/mol. The third-order valence-electron chi connectivity index (χ3n) is 5.92. The molecule has 8 nitrogen and oxygen atoms in total. The summed E-state index contributed by atoms with van der Waals surface area (Å²) in [5.74, 6) is -1.08. The number of carboxylic acid groups (broad SMARTS) is 1. The van der Waals surface area contributed by atoms with Crippen molar-refractivity contribution in [3.05, 3.63) is 60.0 Å². The van der Waals surface area contributed by atoms with E-state index in [9.17, 15) is 14.7 Å². The van der Waals surface area contributed by atoms with Crippen LogP contribution in [0.3, 0.4) is 0 Å². The lowest BCUT2D eigenvalue weighted by molar-refractivity contribution is -0.144. The van der Waals surface area contributed by atoms with E-state index in [-0.39, 0.29) is 11.8 Å². The van der Waals surface area contributed by atoms with Gasteiger partial charge in [-0.25, -0.2) is 0 Å². The number of benzene rings is 1. The number of nitrogens with zero attached hydrogens (tertiary/aromatic N) is 3. The highest BCUT2D eigenvalue weighted by atomic mass is 16.4. The van der Waals surface area contributed by atoms with E-state index in [0.717, 1.165) is 36.2 Å². The number of hydrogen-bond donors (Lipinski definition) is 3. The fraction of sp³-hybridized carbons (Fsp3) is 0.375. The number of anilines is 1. The Labute approximate surface area is 187 Å². The molecule has 1 aliphatic heterocycles. The molecule has 32 heavy (non-hydrogen) atoms. The monoisotopic (exact) mass is 435 g/mol. The quantitative estimate of drug-likeness (QED) is 0.527. The van der Waals surface area contributed by atoms with Crippen LogP contribution in [0.4, 0.5) is 5.69 Å². The third kappa shape index (κ3) is 4.81. The Balaban J connectivity index is 1.51. The highest BCUT2D eigenvalue weighted by Gasteiger charge is 2.32. The standard InChI is InChI=1S/C24H29N5O3/c1-16(2)23(30)27-17-6-7-21-19(13-17)20(14-26-21)22(24(31)32)29-11-9-28(10-12-29)15-18-5-3-4-8-25-18/h3-8,13-14,16,22,26H,9-12,15H2,1-2H3,(H,27,30)(H,31,32)/t22-/m0/s1. The number of fused-ring (bicyclic) bond motifs is 1. The Morgan fingerprint density at radius 3 is 2.59 bits per heavy atom. The molecule has 3 N–H and O–H groups in total. The van der Waals surface area contributed by atoms with Crippen LogP contribution in [0.5, 0.6) is 0 Å². The Morgan fingerprint density at radius 2 is 1.94 bits per heavy atom. The summed E-state index contributed by atoms with van der Waals surface area (Å²) in [6.07, 6.45) is 3.57. The van der Waals surface area contributed by atoms with Crippen molar-refractivity contribution in [3.8, 4) is 0 Å². The lowest BCUT2D eigenvalue weighted by Gasteiger charge is -2.37. The number of aromatic amines is 1. The number of carbonyl (C=O) groups excluding carboxylic acids is 1. The molecule has 168 valence electrons. The van der Waals surface area contributed by atoms with E-state index in [1.165, 1.54) is 0 Å². The van der Waals surface area contributed by atoms with Crippen LogP contribution in [0, 0.1) is 5.92 Å². The predicted molar refractivity (Wildman–Crippen MR) is 123 cm³/mol. The zero-order valence-electron chi connectivity index (χ0n) is 18.4. The molecule has 1 atom stereocenters. The van der Waals surface area contributed by atoms with Crippen LogP contribution in [0.15, 0.2) is 48.8 Å². The van der Waals surface area contributed by atoms with Gasteiger partial charge in [-0.2, -0.15) is 0 Å². The summed E-state index contributed by atoms with van der Waals surface area (Å²) in [5.41, 5.74) is 3.25. The summed E-state index contributed by atoms with van der Waals surface area (Å²) >= 11 is 0. The number of nitrogens with one attached hydrogen (secondary N) is 2. The molecule has 0 spiro atoms. The molecule has 0 bridgehead atoms. The molecule has 8 heteroatoms. The molecule has 1 aromatic carbocycles. The van der Waals surface area contributed by atoms with Crippen LogP contribution in [-0.2, 0) is 16.1 Å².